The van der Waals surface area contributed by atoms with E-state index in [9.17, 15) is 4.79 Å². The van der Waals surface area contributed by atoms with Crippen LogP contribution in [0.2, 0.25) is 5.15 Å². The summed E-state index contributed by atoms with van der Waals surface area (Å²) < 4.78 is 0. The lowest BCUT2D eigenvalue weighted by Crippen LogP contribution is -2.12. The van der Waals surface area contributed by atoms with E-state index in [1.807, 2.05) is 31.2 Å². The maximum absolute atomic E-state index is 11.7. The topological polar surface area (TPSA) is 54.9 Å². The molecule has 0 bridgehead atoms. The minimum absolute atomic E-state index is 0.115. The summed E-state index contributed by atoms with van der Waals surface area (Å²) in [5.41, 5.74) is 1.66. The zero-order valence-electron chi connectivity index (χ0n) is 11.5. The van der Waals surface area contributed by atoms with Crippen molar-refractivity contribution in [2.45, 2.75) is 29.8 Å². The molecule has 2 aromatic rings. The van der Waals surface area contributed by atoms with Crippen molar-refractivity contribution in [1.29, 1.82) is 0 Å². The lowest BCUT2D eigenvalue weighted by molar-refractivity contribution is -0.117. The minimum Gasteiger partial charge on any atom is -0.326 e. The van der Waals surface area contributed by atoms with Crippen LogP contribution in [-0.4, -0.2) is 15.9 Å². The molecule has 0 atom stereocenters. The van der Waals surface area contributed by atoms with Crippen LogP contribution in [0.1, 0.15) is 18.5 Å². The summed E-state index contributed by atoms with van der Waals surface area (Å²) in [5.74, 6) is 0.325. The van der Waals surface area contributed by atoms with Gasteiger partial charge in [0.25, 0.3) is 0 Å². The van der Waals surface area contributed by atoms with E-state index in [0.29, 0.717) is 10.3 Å². The van der Waals surface area contributed by atoms with E-state index in [-0.39, 0.29) is 11.8 Å². The summed E-state index contributed by atoms with van der Waals surface area (Å²) >= 11 is 7.37. The van der Waals surface area contributed by atoms with Crippen LogP contribution in [-0.2, 0) is 4.79 Å². The molecule has 0 unspecified atom stereocenters. The number of hydrogen-bond donors (Lipinski definition) is 1. The van der Waals surface area contributed by atoms with Crippen molar-refractivity contribution in [3.05, 3.63) is 41.2 Å². The van der Waals surface area contributed by atoms with E-state index in [1.54, 1.807) is 6.07 Å². The Morgan fingerprint density at radius 2 is 2.00 bits per heavy atom. The number of anilines is 1. The molecule has 1 saturated carbocycles. The van der Waals surface area contributed by atoms with Crippen LogP contribution in [0.25, 0.3) is 0 Å². The molecule has 1 fully saturated rings. The van der Waals surface area contributed by atoms with Crippen LogP contribution in [0.3, 0.4) is 0 Å². The number of nitrogens with zero attached hydrogens (tertiary/aromatic N) is 2. The number of benzene rings is 1. The monoisotopic (exact) mass is 319 g/mol. The summed E-state index contributed by atoms with van der Waals surface area (Å²) in [7, 11) is 0. The zero-order valence-corrected chi connectivity index (χ0v) is 13.0. The number of halogens is 1. The second kappa shape index (κ2) is 6.03. The Bertz CT molecular complexity index is 651. The number of aromatic nitrogens is 2. The average Bonchev–Trinajstić information content (AvgIpc) is 3.24. The SMILES string of the molecule is Cc1cc(Cl)nc(Sc2ccc(NC(=O)C3CC3)cc2)n1. The smallest absolute Gasteiger partial charge is 0.227 e. The molecule has 3 rings (SSSR count). The molecule has 1 aromatic carbocycles. The van der Waals surface area contributed by atoms with Crippen LogP contribution in [0, 0.1) is 12.8 Å². The zero-order chi connectivity index (χ0) is 14.8. The van der Waals surface area contributed by atoms with Crippen LogP contribution in [0.15, 0.2) is 40.4 Å². The Morgan fingerprint density at radius 1 is 1.29 bits per heavy atom. The highest BCUT2D eigenvalue weighted by Crippen LogP contribution is 2.31. The van der Waals surface area contributed by atoms with Crippen molar-refractivity contribution in [2.75, 3.05) is 5.32 Å². The first-order chi connectivity index (χ1) is 10.1. The molecule has 4 nitrogen and oxygen atoms in total. The summed E-state index contributed by atoms with van der Waals surface area (Å²) in [6, 6.07) is 9.38. The molecule has 0 spiro atoms. The minimum atomic E-state index is 0.115. The summed E-state index contributed by atoms with van der Waals surface area (Å²) in [6.45, 7) is 1.88. The lowest BCUT2D eigenvalue weighted by Gasteiger charge is -2.06. The second-order valence-electron chi connectivity index (χ2n) is 5.00. The van der Waals surface area contributed by atoms with Gasteiger partial charge in [0.1, 0.15) is 5.15 Å². The van der Waals surface area contributed by atoms with Gasteiger partial charge in [-0.1, -0.05) is 11.6 Å². The van der Waals surface area contributed by atoms with Gasteiger partial charge in [-0.05, 0) is 61.9 Å². The molecule has 1 N–H and O–H groups in total. The molecule has 1 aliphatic rings. The second-order valence-corrected chi connectivity index (χ2v) is 6.43. The molecule has 108 valence electrons. The Labute approximate surface area is 132 Å². The van der Waals surface area contributed by atoms with Gasteiger partial charge in [-0.3, -0.25) is 4.79 Å². The lowest BCUT2D eigenvalue weighted by atomic mass is 10.3. The molecule has 0 radical (unpaired) electrons. The van der Waals surface area contributed by atoms with E-state index in [1.165, 1.54) is 11.8 Å². The van der Waals surface area contributed by atoms with Gasteiger partial charge >= 0.3 is 0 Å². The van der Waals surface area contributed by atoms with E-state index >= 15 is 0 Å². The fourth-order valence-corrected chi connectivity index (χ4v) is 2.96. The number of nitrogens with one attached hydrogen (secondary N) is 1. The van der Waals surface area contributed by atoms with Crippen molar-refractivity contribution in [1.82, 2.24) is 9.97 Å². The first kappa shape index (κ1) is 14.4. The number of hydrogen-bond acceptors (Lipinski definition) is 4. The standard InChI is InChI=1S/C15H14ClN3OS/c1-9-8-13(16)19-15(17-9)21-12-6-4-11(5-7-12)18-14(20)10-2-3-10/h4-8,10H,2-3H2,1H3,(H,18,20). The molecule has 1 heterocycles. The van der Waals surface area contributed by atoms with E-state index in [0.717, 1.165) is 29.1 Å². The van der Waals surface area contributed by atoms with Crippen molar-refractivity contribution in [3.8, 4) is 0 Å². The van der Waals surface area contributed by atoms with E-state index in [2.05, 4.69) is 15.3 Å². The summed E-state index contributed by atoms with van der Waals surface area (Å²) in [6.07, 6.45) is 2.01. The van der Waals surface area contributed by atoms with Crippen LogP contribution >= 0.6 is 23.4 Å². The quantitative estimate of drug-likeness (QED) is 0.685. The van der Waals surface area contributed by atoms with Crippen LogP contribution in [0.4, 0.5) is 5.69 Å². The third-order valence-electron chi connectivity index (χ3n) is 3.08. The third-order valence-corrected chi connectivity index (χ3v) is 4.15. The highest BCUT2D eigenvalue weighted by molar-refractivity contribution is 7.99. The van der Waals surface area contributed by atoms with Gasteiger partial charge in [0.2, 0.25) is 5.91 Å². The molecule has 1 amide bonds. The molecule has 0 aliphatic heterocycles. The summed E-state index contributed by atoms with van der Waals surface area (Å²) in [4.78, 5) is 21.2. The Balaban J connectivity index is 1.67. The number of rotatable bonds is 4. The van der Waals surface area contributed by atoms with Crippen LogP contribution < -0.4 is 5.32 Å². The Kier molecular flexibility index (Phi) is 4.12. The first-order valence-electron chi connectivity index (χ1n) is 6.70. The van der Waals surface area contributed by atoms with Gasteiger partial charge in [-0.15, -0.1) is 0 Å². The molecule has 1 aliphatic carbocycles. The highest BCUT2D eigenvalue weighted by atomic mass is 35.5. The molecule has 21 heavy (non-hydrogen) atoms. The summed E-state index contributed by atoms with van der Waals surface area (Å²) in [5, 5.41) is 3.98. The first-order valence-corrected chi connectivity index (χ1v) is 7.89. The maximum atomic E-state index is 11.7. The Morgan fingerprint density at radius 3 is 2.62 bits per heavy atom. The normalized spacial score (nSPS) is 14.0. The average molecular weight is 320 g/mol. The molecule has 1 aromatic heterocycles. The van der Waals surface area contributed by atoms with E-state index < -0.39 is 0 Å². The molecule has 6 heteroatoms. The predicted molar refractivity (Wildman–Crippen MR) is 83.7 cm³/mol. The molecular weight excluding hydrogens is 306 g/mol. The highest BCUT2D eigenvalue weighted by Gasteiger charge is 2.29. The fraction of sp³-hybridized carbons (Fsp3) is 0.267. The Hall–Kier alpha value is -1.59. The number of carbonyl (C=O) groups excluding carboxylic acids is 1. The van der Waals surface area contributed by atoms with Gasteiger partial charge < -0.3 is 5.32 Å². The largest absolute Gasteiger partial charge is 0.326 e. The van der Waals surface area contributed by atoms with Crippen LogP contribution in [0.5, 0.6) is 0 Å². The van der Waals surface area contributed by atoms with Gasteiger partial charge in [-0.25, -0.2) is 9.97 Å². The maximum Gasteiger partial charge on any atom is 0.227 e. The van der Waals surface area contributed by atoms with Crippen molar-refractivity contribution in [3.63, 3.8) is 0 Å². The van der Waals surface area contributed by atoms with Gasteiger partial charge in [0.15, 0.2) is 5.16 Å². The predicted octanol–water partition coefficient (Wildman–Crippen LogP) is 3.94. The molecular formula is C15H14ClN3OS. The number of carbonyl (C=O) groups is 1. The van der Waals surface area contributed by atoms with E-state index in [4.69, 9.17) is 11.6 Å². The number of aryl methyl sites for hydroxylation is 1. The van der Waals surface area contributed by atoms with Crippen molar-refractivity contribution < 1.29 is 4.79 Å². The van der Waals surface area contributed by atoms with Crippen molar-refractivity contribution in [2.24, 2.45) is 5.92 Å². The van der Waals surface area contributed by atoms with Crippen molar-refractivity contribution >= 4 is 35.0 Å². The van der Waals surface area contributed by atoms with Gasteiger partial charge in [0.05, 0.1) is 0 Å². The fourth-order valence-electron chi connectivity index (χ4n) is 1.85. The number of amides is 1. The van der Waals surface area contributed by atoms with Gasteiger partial charge in [0, 0.05) is 22.2 Å². The van der Waals surface area contributed by atoms with Gasteiger partial charge in [-0.2, -0.15) is 0 Å². The third kappa shape index (κ3) is 3.95. The molecule has 0 saturated heterocycles.